The van der Waals surface area contributed by atoms with Gasteiger partial charge in [0, 0.05) is 40.6 Å². The van der Waals surface area contributed by atoms with Gasteiger partial charge in [-0.1, -0.05) is 29.8 Å². The van der Waals surface area contributed by atoms with Crippen LogP contribution in [0.5, 0.6) is 0 Å². The average Bonchev–Trinajstić information content (AvgIpc) is 2.76. The molecule has 3 rings (SSSR count). The Kier molecular flexibility index (Phi) is 4.29. The predicted octanol–water partition coefficient (Wildman–Crippen LogP) is 2.73. The van der Waals surface area contributed by atoms with Crippen LogP contribution in [0.25, 0.3) is 10.1 Å². The number of likely N-dealkylation sites (tertiary alicyclic amines) is 1. The number of rotatable bonds is 3. The van der Waals surface area contributed by atoms with Crippen LogP contribution in [0.2, 0.25) is 5.02 Å². The summed E-state index contributed by atoms with van der Waals surface area (Å²) in [6, 6.07) is 8.16. The van der Waals surface area contributed by atoms with Crippen LogP contribution in [0, 0.1) is 5.92 Å². The van der Waals surface area contributed by atoms with Crippen molar-refractivity contribution < 1.29 is 10.2 Å². The summed E-state index contributed by atoms with van der Waals surface area (Å²) in [4.78, 5) is 3.37. The van der Waals surface area contributed by atoms with E-state index in [-0.39, 0.29) is 12.5 Å². The van der Waals surface area contributed by atoms with Gasteiger partial charge in [0.15, 0.2) is 0 Å². The van der Waals surface area contributed by atoms with Crippen LogP contribution in [-0.2, 0) is 6.54 Å². The molecule has 1 aromatic carbocycles. The Morgan fingerprint density at radius 1 is 1.35 bits per heavy atom. The molecule has 1 saturated heterocycles. The maximum absolute atomic E-state index is 10.00. The Morgan fingerprint density at radius 3 is 2.85 bits per heavy atom. The van der Waals surface area contributed by atoms with E-state index in [2.05, 4.69) is 11.0 Å². The van der Waals surface area contributed by atoms with Gasteiger partial charge in [-0.15, -0.1) is 11.3 Å². The van der Waals surface area contributed by atoms with Gasteiger partial charge in [-0.25, -0.2) is 0 Å². The van der Waals surface area contributed by atoms with Crippen molar-refractivity contribution in [3.63, 3.8) is 0 Å². The lowest BCUT2D eigenvalue weighted by atomic mass is 9.95. The summed E-state index contributed by atoms with van der Waals surface area (Å²) in [5.41, 5.74) is 0. The quantitative estimate of drug-likeness (QED) is 0.916. The molecule has 0 unspecified atom stereocenters. The SMILES string of the molecule is OC[C@H]1CCN(Cc2sc3ccccc3c2Cl)C[C@@H]1O. The summed E-state index contributed by atoms with van der Waals surface area (Å²) in [5, 5.41) is 21.1. The van der Waals surface area contributed by atoms with Gasteiger partial charge in [0.2, 0.25) is 0 Å². The lowest BCUT2D eigenvalue weighted by Crippen LogP contribution is -2.44. The minimum absolute atomic E-state index is 0.0177. The smallest absolute Gasteiger partial charge is 0.0717 e. The number of hydrogen-bond acceptors (Lipinski definition) is 4. The first-order valence-electron chi connectivity index (χ1n) is 6.86. The summed E-state index contributed by atoms with van der Waals surface area (Å²) >= 11 is 8.17. The molecule has 3 nitrogen and oxygen atoms in total. The molecule has 108 valence electrons. The number of benzene rings is 1. The molecule has 2 aromatic rings. The Morgan fingerprint density at radius 2 is 2.15 bits per heavy atom. The molecule has 20 heavy (non-hydrogen) atoms. The largest absolute Gasteiger partial charge is 0.396 e. The maximum Gasteiger partial charge on any atom is 0.0717 e. The molecule has 1 aliphatic heterocycles. The monoisotopic (exact) mass is 311 g/mol. The fourth-order valence-corrected chi connectivity index (χ4v) is 4.31. The van der Waals surface area contributed by atoms with Crippen LogP contribution < -0.4 is 0 Å². The Hall–Kier alpha value is -0.650. The van der Waals surface area contributed by atoms with Gasteiger partial charge in [0.1, 0.15) is 0 Å². The van der Waals surface area contributed by atoms with E-state index < -0.39 is 6.10 Å². The zero-order chi connectivity index (χ0) is 14.1. The van der Waals surface area contributed by atoms with E-state index in [0.717, 1.165) is 34.8 Å². The molecule has 1 aromatic heterocycles. The minimum atomic E-state index is -0.443. The van der Waals surface area contributed by atoms with E-state index in [1.165, 1.54) is 4.70 Å². The van der Waals surface area contributed by atoms with E-state index in [1.807, 2.05) is 18.2 Å². The average molecular weight is 312 g/mol. The number of piperidine rings is 1. The maximum atomic E-state index is 10.00. The van der Waals surface area contributed by atoms with E-state index in [1.54, 1.807) is 11.3 Å². The molecule has 2 heterocycles. The molecule has 2 atom stereocenters. The second-order valence-electron chi connectivity index (χ2n) is 5.37. The number of fused-ring (bicyclic) bond motifs is 1. The van der Waals surface area contributed by atoms with Gasteiger partial charge in [-0.05, 0) is 19.0 Å². The number of nitrogens with zero attached hydrogens (tertiary/aromatic N) is 1. The van der Waals surface area contributed by atoms with Crippen LogP contribution >= 0.6 is 22.9 Å². The molecule has 0 spiro atoms. The fraction of sp³-hybridized carbons (Fsp3) is 0.467. The third-order valence-electron chi connectivity index (χ3n) is 4.01. The molecular weight excluding hydrogens is 294 g/mol. The third-order valence-corrected chi connectivity index (χ3v) is 5.71. The second kappa shape index (κ2) is 6.00. The van der Waals surface area contributed by atoms with Crippen molar-refractivity contribution in [1.82, 2.24) is 4.90 Å². The van der Waals surface area contributed by atoms with Gasteiger partial charge in [0.05, 0.1) is 11.1 Å². The number of β-amino-alcohol motifs (C(OH)–C–C–N with tert-alkyl or cyclic N) is 1. The van der Waals surface area contributed by atoms with Crippen molar-refractivity contribution in [2.75, 3.05) is 19.7 Å². The Balaban J connectivity index is 1.75. The van der Waals surface area contributed by atoms with Crippen molar-refractivity contribution in [1.29, 1.82) is 0 Å². The number of halogens is 1. The predicted molar refractivity (Wildman–Crippen MR) is 83.3 cm³/mol. The summed E-state index contributed by atoms with van der Waals surface area (Å²) in [5.74, 6) is 0.0177. The normalized spacial score (nSPS) is 24.4. The standard InChI is InChI=1S/C15H18ClNO2S/c16-15-11-3-1-2-4-13(11)20-14(15)8-17-6-5-10(9-18)12(19)7-17/h1-4,10,12,18-19H,5-9H2/t10-,12+/m1/s1. The Labute approximate surface area is 127 Å². The Bertz CT molecular complexity index is 601. The van der Waals surface area contributed by atoms with Gasteiger partial charge < -0.3 is 10.2 Å². The topological polar surface area (TPSA) is 43.7 Å². The zero-order valence-electron chi connectivity index (χ0n) is 11.1. The zero-order valence-corrected chi connectivity index (χ0v) is 12.7. The molecule has 0 saturated carbocycles. The summed E-state index contributed by atoms with van der Waals surface area (Å²) in [6.45, 7) is 2.34. The van der Waals surface area contributed by atoms with Crippen molar-refractivity contribution in [3.05, 3.63) is 34.2 Å². The molecule has 5 heteroatoms. The van der Waals surface area contributed by atoms with Crippen LogP contribution in [0.15, 0.2) is 24.3 Å². The van der Waals surface area contributed by atoms with Crippen LogP contribution in [0.4, 0.5) is 0 Å². The van der Waals surface area contributed by atoms with Crippen molar-refractivity contribution in [2.24, 2.45) is 5.92 Å². The van der Waals surface area contributed by atoms with E-state index in [9.17, 15) is 10.2 Å². The van der Waals surface area contributed by atoms with E-state index in [0.29, 0.717) is 6.54 Å². The fourth-order valence-electron chi connectivity index (χ4n) is 2.77. The van der Waals surface area contributed by atoms with E-state index in [4.69, 9.17) is 11.6 Å². The number of aliphatic hydroxyl groups excluding tert-OH is 2. The molecule has 2 N–H and O–H groups in total. The summed E-state index contributed by atoms with van der Waals surface area (Å²) < 4.78 is 1.21. The number of hydrogen-bond donors (Lipinski definition) is 2. The molecular formula is C15H18ClNO2S. The highest BCUT2D eigenvalue weighted by Crippen LogP contribution is 2.36. The molecule has 1 fully saturated rings. The van der Waals surface area contributed by atoms with Gasteiger partial charge in [0.25, 0.3) is 0 Å². The molecule has 0 amide bonds. The lowest BCUT2D eigenvalue weighted by Gasteiger charge is -2.34. The second-order valence-corrected chi connectivity index (χ2v) is 6.88. The van der Waals surface area contributed by atoms with E-state index >= 15 is 0 Å². The molecule has 0 aliphatic carbocycles. The van der Waals surface area contributed by atoms with Crippen molar-refractivity contribution in [3.8, 4) is 0 Å². The summed E-state index contributed by atoms with van der Waals surface area (Å²) in [7, 11) is 0. The molecule has 0 radical (unpaired) electrons. The van der Waals surface area contributed by atoms with Crippen molar-refractivity contribution in [2.45, 2.75) is 19.1 Å². The minimum Gasteiger partial charge on any atom is -0.396 e. The highest BCUT2D eigenvalue weighted by atomic mass is 35.5. The molecule has 1 aliphatic rings. The van der Waals surface area contributed by atoms with Crippen LogP contribution in [0.1, 0.15) is 11.3 Å². The van der Waals surface area contributed by atoms with Gasteiger partial charge >= 0.3 is 0 Å². The first-order chi connectivity index (χ1) is 9.69. The summed E-state index contributed by atoms with van der Waals surface area (Å²) in [6.07, 6.45) is 0.391. The van der Waals surface area contributed by atoms with Gasteiger partial charge in [-0.3, -0.25) is 4.90 Å². The highest BCUT2D eigenvalue weighted by Gasteiger charge is 2.27. The third kappa shape index (κ3) is 2.71. The van der Waals surface area contributed by atoms with Crippen LogP contribution in [0.3, 0.4) is 0 Å². The highest BCUT2D eigenvalue weighted by molar-refractivity contribution is 7.19. The first-order valence-corrected chi connectivity index (χ1v) is 8.05. The van der Waals surface area contributed by atoms with Crippen LogP contribution in [-0.4, -0.2) is 40.9 Å². The number of thiophene rings is 1. The molecule has 0 bridgehead atoms. The lowest BCUT2D eigenvalue weighted by molar-refractivity contribution is -0.00413. The van der Waals surface area contributed by atoms with Crippen molar-refractivity contribution >= 4 is 33.0 Å². The van der Waals surface area contributed by atoms with Gasteiger partial charge in [-0.2, -0.15) is 0 Å². The number of aliphatic hydroxyl groups is 2. The first kappa shape index (κ1) is 14.3.